The second kappa shape index (κ2) is 6.53. The van der Waals surface area contributed by atoms with E-state index in [9.17, 15) is 4.79 Å². The van der Waals surface area contributed by atoms with Gasteiger partial charge in [0.2, 0.25) is 5.91 Å². The predicted molar refractivity (Wildman–Crippen MR) is 73.4 cm³/mol. The standard InChI is InChI=1S/C14H27N3O/c1-3-6-17-7-4-12(5-8-17)16-14(18)13-10-15-9-11(13)2/h11-13,15H,3-10H2,1-2H3,(H,16,18). The van der Waals surface area contributed by atoms with E-state index in [1.165, 1.54) is 13.0 Å². The summed E-state index contributed by atoms with van der Waals surface area (Å²) in [5.74, 6) is 0.922. The first-order valence-electron chi connectivity index (χ1n) is 7.44. The Morgan fingerprint density at radius 2 is 2.06 bits per heavy atom. The van der Waals surface area contributed by atoms with Gasteiger partial charge in [0.15, 0.2) is 0 Å². The van der Waals surface area contributed by atoms with E-state index in [1.807, 2.05) is 0 Å². The Hall–Kier alpha value is -0.610. The van der Waals surface area contributed by atoms with Gasteiger partial charge >= 0.3 is 0 Å². The number of piperidine rings is 1. The minimum Gasteiger partial charge on any atom is -0.353 e. The lowest BCUT2D eigenvalue weighted by Crippen LogP contribution is -2.47. The molecular formula is C14H27N3O. The smallest absolute Gasteiger partial charge is 0.224 e. The highest BCUT2D eigenvalue weighted by molar-refractivity contribution is 5.79. The first kappa shape index (κ1) is 13.8. The first-order chi connectivity index (χ1) is 8.70. The third kappa shape index (κ3) is 3.45. The van der Waals surface area contributed by atoms with Crippen molar-refractivity contribution in [3.8, 4) is 0 Å². The van der Waals surface area contributed by atoms with Gasteiger partial charge in [-0.05, 0) is 38.3 Å². The van der Waals surface area contributed by atoms with Gasteiger partial charge in [0.25, 0.3) is 0 Å². The molecule has 4 nitrogen and oxygen atoms in total. The van der Waals surface area contributed by atoms with Crippen molar-refractivity contribution in [2.45, 2.75) is 39.2 Å². The fourth-order valence-electron chi connectivity index (χ4n) is 3.09. The van der Waals surface area contributed by atoms with Crippen molar-refractivity contribution in [3.63, 3.8) is 0 Å². The van der Waals surface area contributed by atoms with Gasteiger partial charge < -0.3 is 15.5 Å². The maximum absolute atomic E-state index is 12.2. The van der Waals surface area contributed by atoms with Crippen LogP contribution in [0, 0.1) is 11.8 Å². The van der Waals surface area contributed by atoms with E-state index in [0.29, 0.717) is 12.0 Å². The summed E-state index contributed by atoms with van der Waals surface area (Å²) < 4.78 is 0. The van der Waals surface area contributed by atoms with Crippen molar-refractivity contribution in [3.05, 3.63) is 0 Å². The molecule has 2 aliphatic heterocycles. The number of likely N-dealkylation sites (tertiary alicyclic amines) is 1. The molecule has 2 aliphatic rings. The number of carbonyl (C=O) groups excluding carboxylic acids is 1. The number of hydrogen-bond donors (Lipinski definition) is 2. The van der Waals surface area contributed by atoms with Gasteiger partial charge in [-0.25, -0.2) is 0 Å². The molecule has 2 unspecified atom stereocenters. The quantitative estimate of drug-likeness (QED) is 0.780. The van der Waals surface area contributed by atoms with Gasteiger partial charge in [-0.1, -0.05) is 13.8 Å². The van der Waals surface area contributed by atoms with Gasteiger partial charge in [0, 0.05) is 25.7 Å². The molecule has 18 heavy (non-hydrogen) atoms. The van der Waals surface area contributed by atoms with Crippen LogP contribution in [-0.2, 0) is 4.79 Å². The highest BCUT2D eigenvalue weighted by Crippen LogP contribution is 2.17. The van der Waals surface area contributed by atoms with E-state index in [1.54, 1.807) is 0 Å². The van der Waals surface area contributed by atoms with Crippen molar-refractivity contribution in [1.82, 2.24) is 15.5 Å². The number of nitrogens with zero attached hydrogens (tertiary/aromatic N) is 1. The molecule has 0 aromatic rings. The van der Waals surface area contributed by atoms with Crippen LogP contribution in [0.25, 0.3) is 0 Å². The molecule has 1 amide bonds. The van der Waals surface area contributed by atoms with Crippen molar-refractivity contribution >= 4 is 5.91 Å². The molecule has 2 rings (SSSR count). The largest absolute Gasteiger partial charge is 0.353 e. The van der Waals surface area contributed by atoms with Crippen LogP contribution in [0.15, 0.2) is 0 Å². The molecule has 2 N–H and O–H groups in total. The zero-order chi connectivity index (χ0) is 13.0. The van der Waals surface area contributed by atoms with E-state index in [4.69, 9.17) is 0 Å². The summed E-state index contributed by atoms with van der Waals surface area (Å²) in [6.45, 7) is 9.68. The summed E-state index contributed by atoms with van der Waals surface area (Å²) in [6, 6.07) is 0.401. The Balaban J connectivity index is 1.72. The van der Waals surface area contributed by atoms with Crippen molar-refractivity contribution in [1.29, 1.82) is 0 Å². The average molecular weight is 253 g/mol. The predicted octanol–water partition coefficient (Wildman–Crippen LogP) is 0.833. The summed E-state index contributed by atoms with van der Waals surface area (Å²) in [5.41, 5.74) is 0. The molecule has 0 spiro atoms. The molecule has 0 bridgehead atoms. The Labute approximate surface area is 110 Å². The lowest BCUT2D eigenvalue weighted by Gasteiger charge is -2.32. The molecule has 2 fully saturated rings. The van der Waals surface area contributed by atoms with Crippen LogP contribution < -0.4 is 10.6 Å². The number of rotatable bonds is 4. The van der Waals surface area contributed by atoms with E-state index in [2.05, 4.69) is 29.4 Å². The van der Waals surface area contributed by atoms with E-state index >= 15 is 0 Å². The van der Waals surface area contributed by atoms with Crippen LogP contribution in [0.3, 0.4) is 0 Å². The van der Waals surface area contributed by atoms with Crippen LogP contribution >= 0.6 is 0 Å². The molecule has 0 radical (unpaired) electrons. The van der Waals surface area contributed by atoms with Crippen LogP contribution in [0.1, 0.15) is 33.1 Å². The van der Waals surface area contributed by atoms with Gasteiger partial charge in [-0.15, -0.1) is 0 Å². The number of nitrogens with one attached hydrogen (secondary N) is 2. The third-order valence-corrected chi connectivity index (χ3v) is 4.33. The van der Waals surface area contributed by atoms with Gasteiger partial charge in [0.05, 0.1) is 5.92 Å². The molecule has 2 atom stereocenters. The normalized spacial score (nSPS) is 30.6. The summed E-state index contributed by atoms with van der Waals surface area (Å²) in [4.78, 5) is 14.7. The first-order valence-corrected chi connectivity index (χ1v) is 7.44. The van der Waals surface area contributed by atoms with Crippen molar-refractivity contribution in [2.24, 2.45) is 11.8 Å². The number of amides is 1. The highest BCUT2D eigenvalue weighted by Gasteiger charge is 2.31. The maximum atomic E-state index is 12.2. The van der Waals surface area contributed by atoms with E-state index < -0.39 is 0 Å². The SMILES string of the molecule is CCCN1CCC(NC(=O)C2CNCC2C)CC1. The second-order valence-corrected chi connectivity index (χ2v) is 5.87. The zero-order valence-electron chi connectivity index (χ0n) is 11.7. The fraction of sp³-hybridized carbons (Fsp3) is 0.929. The lowest BCUT2D eigenvalue weighted by atomic mass is 9.96. The van der Waals surface area contributed by atoms with Crippen molar-refractivity contribution < 1.29 is 4.79 Å². The van der Waals surface area contributed by atoms with E-state index in [-0.39, 0.29) is 11.8 Å². The fourth-order valence-corrected chi connectivity index (χ4v) is 3.09. The minimum atomic E-state index is 0.179. The van der Waals surface area contributed by atoms with Gasteiger partial charge in [-0.2, -0.15) is 0 Å². The van der Waals surface area contributed by atoms with Crippen LogP contribution in [0.4, 0.5) is 0 Å². The molecule has 2 heterocycles. The molecule has 0 aromatic heterocycles. The summed E-state index contributed by atoms with van der Waals surface area (Å²) in [6.07, 6.45) is 3.45. The lowest BCUT2D eigenvalue weighted by molar-refractivity contribution is -0.126. The molecule has 0 aromatic carbocycles. The van der Waals surface area contributed by atoms with Crippen LogP contribution in [-0.4, -0.2) is 49.6 Å². The molecular weight excluding hydrogens is 226 g/mol. The van der Waals surface area contributed by atoms with Crippen molar-refractivity contribution in [2.75, 3.05) is 32.7 Å². The van der Waals surface area contributed by atoms with Gasteiger partial charge in [-0.3, -0.25) is 4.79 Å². The zero-order valence-corrected chi connectivity index (χ0v) is 11.7. The van der Waals surface area contributed by atoms with Crippen LogP contribution in [0.2, 0.25) is 0 Å². The Bertz CT molecular complexity index is 274. The third-order valence-electron chi connectivity index (χ3n) is 4.33. The molecule has 4 heteroatoms. The number of carbonyl (C=O) groups is 1. The Morgan fingerprint density at radius 1 is 1.33 bits per heavy atom. The average Bonchev–Trinajstić information content (AvgIpc) is 2.78. The highest BCUT2D eigenvalue weighted by atomic mass is 16.2. The topological polar surface area (TPSA) is 44.4 Å². The number of hydrogen-bond acceptors (Lipinski definition) is 3. The van der Waals surface area contributed by atoms with Gasteiger partial charge in [0.1, 0.15) is 0 Å². The Kier molecular flexibility index (Phi) is 5.01. The summed E-state index contributed by atoms with van der Waals surface area (Å²) >= 11 is 0. The Morgan fingerprint density at radius 3 is 2.61 bits per heavy atom. The van der Waals surface area contributed by atoms with Crippen LogP contribution in [0.5, 0.6) is 0 Å². The summed E-state index contributed by atoms with van der Waals surface area (Å²) in [7, 11) is 0. The van der Waals surface area contributed by atoms with E-state index in [0.717, 1.165) is 39.0 Å². The molecule has 104 valence electrons. The molecule has 0 aliphatic carbocycles. The minimum absolute atomic E-state index is 0.179. The maximum Gasteiger partial charge on any atom is 0.224 e. The molecule has 2 saturated heterocycles. The molecule has 0 saturated carbocycles. The second-order valence-electron chi connectivity index (χ2n) is 5.87. The summed E-state index contributed by atoms with van der Waals surface area (Å²) in [5, 5.41) is 6.54. The monoisotopic (exact) mass is 253 g/mol.